The first-order chi connectivity index (χ1) is 8.16. The van der Waals surface area contributed by atoms with Crippen molar-refractivity contribution in [1.82, 2.24) is 9.78 Å². The molecule has 0 radical (unpaired) electrons. The quantitative estimate of drug-likeness (QED) is 0.864. The molecule has 1 aliphatic heterocycles. The lowest BCUT2D eigenvalue weighted by Gasteiger charge is -2.00. The maximum atomic E-state index is 10.9. The van der Waals surface area contributed by atoms with Gasteiger partial charge in [0.1, 0.15) is 11.5 Å². The van der Waals surface area contributed by atoms with Gasteiger partial charge in [0.15, 0.2) is 5.06 Å². The molecule has 0 aliphatic carbocycles. The number of thiophene rings is 1. The molecular weight excluding hydrogens is 264 g/mol. The van der Waals surface area contributed by atoms with Crippen LogP contribution in [0.1, 0.15) is 9.67 Å². The largest absolute Gasteiger partial charge is 0.481 e. The number of hydrogen-bond donors (Lipinski definition) is 1. The monoisotopic (exact) mass is 270 g/mol. The summed E-state index contributed by atoms with van der Waals surface area (Å²) >= 11 is 7.18. The molecule has 1 aliphatic rings. The maximum absolute atomic E-state index is 10.9. The maximum Gasteiger partial charge on any atom is 0.346 e. The van der Waals surface area contributed by atoms with Crippen molar-refractivity contribution in [1.29, 1.82) is 0 Å². The minimum absolute atomic E-state index is 0.237. The number of ether oxygens (including phenoxy) is 1. The lowest BCUT2D eigenvalue weighted by molar-refractivity contribution is 0.0702. The van der Waals surface area contributed by atoms with Crippen LogP contribution in [0.4, 0.5) is 0 Å². The molecule has 0 unspecified atom stereocenters. The van der Waals surface area contributed by atoms with Gasteiger partial charge in [0, 0.05) is 0 Å². The number of nitrogens with zero attached hydrogens (tertiary/aromatic N) is 2. The summed E-state index contributed by atoms with van der Waals surface area (Å²) in [5, 5.41) is 14.2. The van der Waals surface area contributed by atoms with Crippen molar-refractivity contribution in [3.8, 4) is 16.3 Å². The Morgan fingerprint density at radius 1 is 1.65 bits per heavy atom. The predicted octanol–water partition coefficient (Wildman–Crippen LogP) is 2.36. The number of rotatable bonds is 1. The first-order valence-electron chi connectivity index (χ1n) is 4.88. The van der Waals surface area contributed by atoms with Gasteiger partial charge in [0.2, 0.25) is 0 Å². The zero-order valence-electron chi connectivity index (χ0n) is 8.51. The van der Waals surface area contributed by atoms with Crippen molar-refractivity contribution in [3.63, 3.8) is 0 Å². The van der Waals surface area contributed by atoms with E-state index in [2.05, 4.69) is 5.10 Å². The second kappa shape index (κ2) is 3.75. The SMILES string of the molecule is O=C(O)c1cc2c(s1)OCCn1ncc(Cl)c1-2. The number of aromatic nitrogens is 2. The fourth-order valence-electron chi connectivity index (χ4n) is 1.78. The van der Waals surface area contributed by atoms with E-state index in [1.165, 1.54) is 0 Å². The Morgan fingerprint density at radius 2 is 2.47 bits per heavy atom. The molecule has 0 saturated carbocycles. The molecule has 3 heterocycles. The number of halogens is 1. The van der Waals surface area contributed by atoms with Gasteiger partial charge in [-0.1, -0.05) is 22.9 Å². The fourth-order valence-corrected chi connectivity index (χ4v) is 2.89. The summed E-state index contributed by atoms with van der Waals surface area (Å²) in [6, 6.07) is 1.58. The van der Waals surface area contributed by atoms with Crippen LogP contribution in [0.25, 0.3) is 11.3 Å². The number of carbonyl (C=O) groups is 1. The van der Waals surface area contributed by atoms with Crippen LogP contribution in [0.3, 0.4) is 0 Å². The van der Waals surface area contributed by atoms with Crippen molar-refractivity contribution in [2.45, 2.75) is 6.54 Å². The van der Waals surface area contributed by atoms with Crippen molar-refractivity contribution in [3.05, 3.63) is 22.2 Å². The summed E-state index contributed by atoms with van der Waals surface area (Å²) in [6.45, 7) is 1.06. The van der Waals surface area contributed by atoms with Gasteiger partial charge in [-0.2, -0.15) is 5.10 Å². The van der Waals surface area contributed by atoms with Crippen LogP contribution in [-0.4, -0.2) is 27.5 Å². The van der Waals surface area contributed by atoms with Gasteiger partial charge in [-0.3, -0.25) is 4.68 Å². The first-order valence-corrected chi connectivity index (χ1v) is 6.08. The van der Waals surface area contributed by atoms with Crippen LogP contribution < -0.4 is 4.74 Å². The molecule has 0 spiro atoms. The van der Waals surface area contributed by atoms with Crippen LogP contribution in [0.2, 0.25) is 5.02 Å². The van der Waals surface area contributed by atoms with Crippen LogP contribution in [0.5, 0.6) is 5.06 Å². The molecule has 0 fully saturated rings. The molecule has 17 heavy (non-hydrogen) atoms. The molecule has 5 nitrogen and oxygen atoms in total. The average molecular weight is 271 g/mol. The predicted molar refractivity (Wildman–Crippen MR) is 63.0 cm³/mol. The normalized spacial score (nSPS) is 13.5. The third kappa shape index (κ3) is 1.60. The Hall–Kier alpha value is -1.53. The summed E-state index contributed by atoms with van der Waals surface area (Å²) in [5.74, 6) is -0.964. The molecule has 7 heteroatoms. The van der Waals surface area contributed by atoms with Crippen molar-refractivity contribution >= 4 is 28.9 Å². The fraction of sp³-hybridized carbons (Fsp3) is 0.200. The Bertz CT molecular complexity index is 605. The van der Waals surface area contributed by atoms with E-state index in [0.29, 0.717) is 28.8 Å². The Kier molecular flexibility index (Phi) is 2.34. The third-order valence-electron chi connectivity index (χ3n) is 2.49. The minimum atomic E-state index is -0.964. The zero-order chi connectivity index (χ0) is 12.0. The average Bonchev–Trinajstić information content (AvgIpc) is 2.80. The van der Waals surface area contributed by atoms with Crippen molar-refractivity contribution in [2.75, 3.05) is 6.61 Å². The van der Waals surface area contributed by atoms with E-state index in [1.807, 2.05) is 0 Å². The van der Waals surface area contributed by atoms with Crippen LogP contribution in [-0.2, 0) is 6.54 Å². The molecule has 0 bridgehead atoms. The van der Waals surface area contributed by atoms with E-state index < -0.39 is 5.97 Å². The summed E-state index contributed by atoms with van der Waals surface area (Å²) in [7, 11) is 0. The van der Waals surface area contributed by atoms with Crippen LogP contribution in [0.15, 0.2) is 12.3 Å². The molecule has 0 amide bonds. The summed E-state index contributed by atoms with van der Waals surface area (Å²) in [4.78, 5) is 11.2. The molecule has 0 saturated heterocycles. The lowest BCUT2D eigenvalue weighted by Crippen LogP contribution is -2.06. The Morgan fingerprint density at radius 3 is 3.24 bits per heavy atom. The molecule has 0 atom stereocenters. The number of hydrogen-bond acceptors (Lipinski definition) is 4. The van der Waals surface area contributed by atoms with E-state index >= 15 is 0 Å². The molecule has 1 N–H and O–H groups in total. The Balaban J connectivity index is 2.23. The van der Waals surface area contributed by atoms with E-state index in [-0.39, 0.29) is 4.88 Å². The van der Waals surface area contributed by atoms with Crippen LogP contribution in [0, 0.1) is 0 Å². The smallest absolute Gasteiger partial charge is 0.346 e. The highest BCUT2D eigenvalue weighted by Gasteiger charge is 2.24. The number of carboxylic acid groups (broad SMARTS) is 1. The topological polar surface area (TPSA) is 64.3 Å². The van der Waals surface area contributed by atoms with Gasteiger partial charge in [0.05, 0.1) is 29.0 Å². The summed E-state index contributed by atoms with van der Waals surface area (Å²) in [6.07, 6.45) is 1.56. The second-order valence-corrected chi connectivity index (χ2v) is 4.95. The van der Waals surface area contributed by atoms with Gasteiger partial charge in [0.25, 0.3) is 0 Å². The van der Waals surface area contributed by atoms with Crippen LogP contribution >= 0.6 is 22.9 Å². The Labute approximate surface area is 105 Å². The molecular formula is C10H7ClN2O3S. The highest BCUT2D eigenvalue weighted by Crippen LogP contribution is 2.42. The molecule has 88 valence electrons. The van der Waals surface area contributed by atoms with E-state index in [4.69, 9.17) is 21.4 Å². The second-order valence-electron chi connectivity index (χ2n) is 3.53. The molecule has 2 aromatic rings. The third-order valence-corrected chi connectivity index (χ3v) is 3.81. The standard InChI is InChI=1S/C10H7ClN2O3S/c11-6-4-12-13-1-2-16-10-5(8(6)13)3-7(17-10)9(14)15/h3-4H,1-2H2,(H,14,15). The lowest BCUT2D eigenvalue weighted by atomic mass is 10.2. The first kappa shape index (κ1) is 10.6. The van der Waals surface area contributed by atoms with Gasteiger partial charge < -0.3 is 9.84 Å². The summed E-state index contributed by atoms with van der Waals surface area (Å²) in [5.41, 5.74) is 1.43. The molecule has 3 rings (SSSR count). The van der Waals surface area contributed by atoms with Gasteiger partial charge >= 0.3 is 5.97 Å². The molecule has 0 aromatic carbocycles. The van der Waals surface area contributed by atoms with Gasteiger partial charge in [-0.05, 0) is 6.07 Å². The number of aromatic carboxylic acids is 1. The van der Waals surface area contributed by atoms with E-state index in [0.717, 1.165) is 17.0 Å². The van der Waals surface area contributed by atoms with Gasteiger partial charge in [-0.25, -0.2) is 4.79 Å². The summed E-state index contributed by atoms with van der Waals surface area (Å²) < 4.78 is 7.24. The van der Waals surface area contributed by atoms with Gasteiger partial charge in [-0.15, -0.1) is 0 Å². The number of carboxylic acids is 1. The molecule has 2 aromatic heterocycles. The number of fused-ring (bicyclic) bond motifs is 3. The highest BCUT2D eigenvalue weighted by molar-refractivity contribution is 7.16. The van der Waals surface area contributed by atoms with Crippen molar-refractivity contribution < 1.29 is 14.6 Å². The van der Waals surface area contributed by atoms with E-state index in [9.17, 15) is 4.79 Å². The zero-order valence-corrected chi connectivity index (χ0v) is 10.1. The highest BCUT2D eigenvalue weighted by atomic mass is 35.5. The van der Waals surface area contributed by atoms with Crippen molar-refractivity contribution in [2.24, 2.45) is 0 Å². The van der Waals surface area contributed by atoms with E-state index in [1.54, 1.807) is 16.9 Å². The minimum Gasteiger partial charge on any atom is -0.481 e.